The van der Waals surface area contributed by atoms with Gasteiger partial charge in [-0.2, -0.15) is 5.10 Å². The Bertz CT molecular complexity index is 1400. The van der Waals surface area contributed by atoms with E-state index in [-0.39, 0.29) is 6.04 Å². The predicted molar refractivity (Wildman–Crippen MR) is 145 cm³/mol. The van der Waals surface area contributed by atoms with Gasteiger partial charge in [-0.1, -0.05) is 12.1 Å². The highest BCUT2D eigenvalue weighted by molar-refractivity contribution is 7.13. The third-order valence-corrected chi connectivity index (χ3v) is 7.43. The van der Waals surface area contributed by atoms with Crippen LogP contribution in [0.15, 0.2) is 72.6 Å². The summed E-state index contributed by atoms with van der Waals surface area (Å²) < 4.78 is 1.72. The maximum Gasteiger partial charge on any atom is 0.255 e. The summed E-state index contributed by atoms with van der Waals surface area (Å²) in [5, 5.41) is 33.8. The fourth-order valence-electron chi connectivity index (χ4n) is 4.56. The van der Waals surface area contributed by atoms with Crippen LogP contribution in [-0.2, 0) is 9.59 Å². The van der Waals surface area contributed by atoms with E-state index in [1.807, 2.05) is 54.0 Å². The molecule has 1 fully saturated rings. The van der Waals surface area contributed by atoms with E-state index in [4.69, 9.17) is 0 Å². The van der Waals surface area contributed by atoms with Gasteiger partial charge in [0.1, 0.15) is 0 Å². The van der Waals surface area contributed by atoms with Crippen LogP contribution in [0, 0.1) is 0 Å². The number of carbonyl (C=O) groups excluding carboxylic acids is 2. The minimum atomic E-state index is -1.91. The van der Waals surface area contributed by atoms with Crippen molar-refractivity contribution in [1.82, 2.24) is 30.0 Å². The van der Waals surface area contributed by atoms with Crippen LogP contribution in [-0.4, -0.2) is 65.4 Å². The lowest BCUT2D eigenvalue weighted by Gasteiger charge is -2.28. The monoisotopic (exact) mass is 547 g/mol. The number of likely N-dealkylation sites (tertiary alicyclic amines) is 1. The minimum absolute atomic E-state index is 0.352. The number of pyridine rings is 1. The summed E-state index contributed by atoms with van der Waals surface area (Å²) in [6, 6.07) is 12.1. The highest BCUT2D eigenvalue weighted by Crippen LogP contribution is 2.35. The number of nitrogens with zero attached hydrogens (tertiary/aromatic N) is 5. The topological polar surface area (TPSA) is 146 Å². The van der Waals surface area contributed by atoms with Crippen molar-refractivity contribution in [2.45, 2.75) is 44.1 Å². The number of aliphatic hydroxyl groups is 2. The standard InChI is InChI=1S/C27H29N7O4S/c1-17(18-7-9-20(10-8-18)34-14-4-12-29-34)30-25(37)23(35)24(36)26(38)33-13-3-6-22(33)21-16-39-27(32-21)31-19-5-2-11-28-15-19/h2,4-5,7-12,14-17,22-24,35-36H,3,6,13H2,1H3,(H,30,37)(H,31,32)/t17-,22-,23-,24-/m1/s1. The first kappa shape index (κ1) is 26.5. The summed E-state index contributed by atoms with van der Waals surface area (Å²) in [7, 11) is 0. The number of amides is 2. The molecule has 4 aromatic rings. The molecule has 1 aliphatic heterocycles. The fourth-order valence-corrected chi connectivity index (χ4v) is 5.34. The lowest BCUT2D eigenvalue weighted by molar-refractivity contribution is -0.154. The van der Waals surface area contributed by atoms with Gasteiger partial charge in [0.05, 0.1) is 35.3 Å². The average molecular weight is 548 g/mol. The lowest BCUT2D eigenvalue weighted by atomic mass is 10.1. The number of rotatable bonds is 9. The molecule has 0 radical (unpaired) electrons. The number of aromatic nitrogens is 4. The molecule has 4 atom stereocenters. The summed E-state index contributed by atoms with van der Waals surface area (Å²) in [5.41, 5.74) is 3.15. The predicted octanol–water partition coefficient (Wildman–Crippen LogP) is 2.73. The van der Waals surface area contributed by atoms with Gasteiger partial charge in [-0.05, 0) is 55.7 Å². The van der Waals surface area contributed by atoms with Gasteiger partial charge in [0.2, 0.25) is 0 Å². The van der Waals surface area contributed by atoms with Crippen molar-refractivity contribution >= 4 is 34.0 Å². The van der Waals surface area contributed by atoms with Crippen molar-refractivity contribution in [3.05, 3.63) is 83.9 Å². The van der Waals surface area contributed by atoms with Crippen LogP contribution in [0.1, 0.15) is 43.1 Å². The van der Waals surface area contributed by atoms with Crippen molar-refractivity contribution in [2.75, 3.05) is 11.9 Å². The molecule has 4 heterocycles. The van der Waals surface area contributed by atoms with Gasteiger partial charge in [0.25, 0.3) is 11.8 Å². The molecular formula is C27H29N7O4S. The first-order valence-corrected chi connectivity index (χ1v) is 13.5. The first-order valence-electron chi connectivity index (χ1n) is 12.6. The Hall–Kier alpha value is -4.13. The highest BCUT2D eigenvalue weighted by atomic mass is 32.1. The van der Waals surface area contributed by atoms with Gasteiger partial charge < -0.3 is 25.7 Å². The maximum absolute atomic E-state index is 13.2. The second-order valence-corrected chi connectivity index (χ2v) is 10.2. The Morgan fingerprint density at radius 1 is 1.10 bits per heavy atom. The number of hydrogen-bond acceptors (Lipinski definition) is 9. The molecular weight excluding hydrogens is 518 g/mol. The minimum Gasteiger partial charge on any atom is -0.380 e. The molecule has 0 saturated carbocycles. The molecule has 2 amide bonds. The number of thiazole rings is 1. The zero-order valence-corrected chi connectivity index (χ0v) is 22.0. The molecule has 12 heteroatoms. The third kappa shape index (κ3) is 5.98. The van der Waals surface area contributed by atoms with Crippen molar-refractivity contribution in [3.8, 4) is 5.69 Å². The summed E-state index contributed by atoms with van der Waals surface area (Å²) >= 11 is 1.40. The summed E-state index contributed by atoms with van der Waals surface area (Å²) in [6.45, 7) is 2.16. The average Bonchev–Trinajstić information content (AvgIpc) is 3.74. The van der Waals surface area contributed by atoms with E-state index in [0.29, 0.717) is 23.8 Å². The molecule has 1 saturated heterocycles. The normalized spacial score (nSPS) is 17.4. The number of benzene rings is 1. The maximum atomic E-state index is 13.2. The quantitative estimate of drug-likeness (QED) is 0.250. The van der Waals surface area contributed by atoms with Gasteiger partial charge in [0, 0.05) is 30.5 Å². The number of aliphatic hydroxyl groups excluding tert-OH is 2. The molecule has 0 unspecified atom stereocenters. The molecule has 4 N–H and O–H groups in total. The van der Waals surface area contributed by atoms with Crippen LogP contribution in [0.4, 0.5) is 10.8 Å². The number of nitrogens with one attached hydrogen (secondary N) is 2. The summed E-state index contributed by atoms with van der Waals surface area (Å²) in [4.78, 5) is 36.1. The van der Waals surface area contributed by atoms with E-state index in [2.05, 4.69) is 25.7 Å². The Morgan fingerprint density at radius 3 is 2.64 bits per heavy atom. The second kappa shape index (κ2) is 11.7. The van der Waals surface area contributed by atoms with Crippen LogP contribution < -0.4 is 10.6 Å². The lowest BCUT2D eigenvalue weighted by Crippen LogP contribution is -2.51. The van der Waals surface area contributed by atoms with Crippen LogP contribution >= 0.6 is 11.3 Å². The van der Waals surface area contributed by atoms with E-state index >= 15 is 0 Å². The van der Waals surface area contributed by atoms with Gasteiger partial charge in [0.15, 0.2) is 17.3 Å². The molecule has 202 valence electrons. The highest BCUT2D eigenvalue weighted by Gasteiger charge is 2.39. The summed E-state index contributed by atoms with van der Waals surface area (Å²) in [5.74, 6) is -1.53. The van der Waals surface area contributed by atoms with E-state index in [0.717, 1.165) is 23.4 Å². The van der Waals surface area contributed by atoms with Crippen LogP contribution in [0.3, 0.4) is 0 Å². The van der Waals surface area contributed by atoms with E-state index in [1.165, 1.54) is 16.2 Å². The largest absolute Gasteiger partial charge is 0.380 e. The van der Waals surface area contributed by atoms with E-state index in [1.54, 1.807) is 30.2 Å². The molecule has 5 rings (SSSR count). The number of anilines is 2. The molecule has 0 aliphatic carbocycles. The zero-order valence-electron chi connectivity index (χ0n) is 21.2. The Labute approximate surface area is 229 Å². The molecule has 11 nitrogen and oxygen atoms in total. The van der Waals surface area contributed by atoms with Crippen molar-refractivity contribution in [3.63, 3.8) is 0 Å². The van der Waals surface area contributed by atoms with Crippen molar-refractivity contribution in [1.29, 1.82) is 0 Å². The van der Waals surface area contributed by atoms with Crippen LogP contribution in [0.2, 0.25) is 0 Å². The molecule has 3 aromatic heterocycles. The van der Waals surface area contributed by atoms with Gasteiger partial charge in [-0.3, -0.25) is 14.6 Å². The second-order valence-electron chi connectivity index (χ2n) is 9.30. The molecule has 0 spiro atoms. The van der Waals surface area contributed by atoms with E-state index in [9.17, 15) is 19.8 Å². The Kier molecular flexibility index (Phi) is 7.96. The fraction of sp³-hybridized carbons (Fsp3) is 0.296. The smallest absolute Gasteiger partial charge is 0.255 e. The Balaban J connectivity index is 1.19. The van der Waals surface area contributed by atoms with Gasteiger partial charge in [-0.15, -0.1) is 11.3 Å². The van der Waals surface area contributed by atoms with E-state index < -0.39 is 30.1 Å². The Morgan fingerprint density at radius 2 is 1.92 bits per heavy atom. The van der Waals surface area contributed by atoms with Gasteiger partial charge >= 0.3 is 0 Å². The summed E-state index contributed by atoms with van der Waals surface area (Å²) in [6.07, 6.45) is 4.46. The van der Waals surface area contributed by atoms with Crippen molar-refractivity contribution < 1.29 is 19.8 Å². The zero-order chi connectivity index (χ0) is 27.4. The molecule has 0 bridgehead atoms. The molecule has 1 aromatic carbocycles. The third-order valence-electron chi connectivity index (χ3n) is 6.65. The SMILES string of the molecule is C[C@@H](NC(=O)[C@H](O)[C@@H](O)C(=O)N1CCC[C@@H]1c1csc(Nc2cccnc2)n1)c1ccc(-n2cccn2)cc1. The molecule has 39 heavy (non-hydrogen) atoms. The number of carbonyl (C=O) groups is 2. The van der Waals surface area contributed by atoms with Crippen molar-refractivity contribution in [2.24, 2.45) is 0 Å². The molecule has 1 aliphatic rings. The van der Waals surface area contributed by atoms with Gasteiger partial charge in [-0.25, -0.2) is 9.67 Å². The van der Waals surface area contributed by atoms with Crippen LogP contribution in [0.5, 0.6) is 0 Å². The van der Waals surface area contributed by atoms with Crippen LogP contribution in [0.25, 0.3) is 5.69 Å². The first-order chi connectivity index (χ1) is 18.9. The number of hydrogen-bond donors (Lipinski definition) is 4.